The van der Waals surface area contributed by atoms with Gasteiger partial charge in [0, 0.05) is 6.04 Å². The molecule has 2 nitrogen and oxygen atoms in total. The molecule has 1 aliphatic rings. The molecule has 1 aromatic carbocycles. The van der Waals surface area contributed by atoms with Crippen LogP contribution in [0.25, 0.3) is 0 Å². The Morgan fingerprint density at radius 1 is 1.37 bits per heavy atom. The van der Waals surface area contributed by atoms with E-state index in [-0.39, 0.29) is 0 Å². The van der Waals surface area contributed by atoms with E-state index in [2.05, 4.69) is 47.2 Å². The Bertz CT molecular complexity index is 425. The van der Waals surface area contributed by atoms with E-state index in [4.69, 9.17) is 4.74 Å². The Morgan fingerprint density at radius 3 is 2.74 bits per heavy atom. The van der Waals surface area contributed by atoms with Crippen molar-refractivity contribution in [3.05, 3.63) is 27.7 Å². The average molecular weight is 326 g/mol. The Balaban J connectivity index is 2.21. The minimum absolute atomic E-state index is 0.477. The minimum atomic E-state index is 0.477. The zero-order valence-electron chi connectivity index (χ0n) is 12.1. The second-order valence-corrected chi connectivity index (χ2v) is 6.56. The maximum Gasteiger partial charge on any atom is 0.136 e. The van der Waals surface area contributed by atoms with Crippen LogP contribution in [0.2, 0.25) is 0 Å². The van der Waals surface area contributed by atoms with Crippen LogP contribution in [0.1, 0.15) is 50.2 Å². The van der Waals surface area contributed by atoms with E-state index in [0.717, 1.165) is 16.6 Å². The van der Waals surface area contributed by atoms with Gasteiger partial charge in [0.05, 0.1) is 11.6 Å². The second kappa shape index (κ2) is 6.76. The molecule has 0 bridgehead atoms. The van der Waals surface area contributed by atoms with Gasteiger partial charge in [-0.2, -0.15) is 0 Å². The summed E-state index contributed by atoms with van der Waals surface area (Å²) in [7, 11) is 1.74. The van der Waals surface area contributed by atoms with Crippen molar-refractivity contribution < 1.29 is 4.74 Å². The summed E-state index contributed by atoms with van der Waals surface area (Å²) in [5.41, 5.74) is 2.69. The Hall–Kier alpha value is -0.540. The van der Waals surface area contributed by atoms with Gasteiger partial charge >= 0.3 is 0 Å². The summed E-state index contributed by atoms with van der Waals surface area (Å²) in [5.74, 6) is 1.46. The van der Waals surface area contributed by atoms with E-state index in [1.165, 1.54) is 36.9 Å². The van der Waals surface area contributed by atoms with E-state index in [1.807, 2.05) is 0 Å². The first-order chi connectivity index (χ1) is 9.11. The molecule has 19 heavy (non-hydrogen) atoms. The molecule has 0 aromatic heterocycles. The Labute approximate surface area is 125 Å². The number of methoxy groups -OCH3 is 1. The number of hydrogen-bond donors (Lipinski definition) is 1. The Kier molecular flexibility index (Phi) is 5.28. The number of rotatable bonds is 4. The number of nitrogens with one attached hydrogen (secondary N) is 1. The van der Waals surface area contributed by atoms with Gasteiger partial charge in [0.1, 0.15) is 5.75 Å². The van der Waals surface area contributed by atoms with Crippen molar-refractivity contribution >= 4 is 15.9 Å². The number of hydrogen-bond acceptors (Lipinski definition) is 2. The van der Waals surface area contributed by atoms with E-state index in [0.29, 0.717) is 12.0 Å². The molecule has 0 radical (unpaired) electrons. The van der Waals surface area contributed by atoms with Crippen LogP contribution in [0.4, 0.5) is 0 Å². The molecule has 0 aliphatic carbocycles. The van der Waals surface area contributed by atoms with Crippen molar-refractivity contribution in [1.82, 2.24) is 5.32 Å². The van der Waals surface area contributed by atoms with Crippen molar-refractivity contribution in [2.75, 3.05) is 13.7 Å². The highest BCUT2D eigenvalue weighted by Gasteiger charge is 2.17. The lowest BCUT2D eigenvalue weighted by Crippen LogP contribution is -2.35. The van der Waals surface area contributed by atoms with Gasteiger partial charge in [-0.25, -0.2) is 0 Å². The summed E-state index contributed by atoms with van der Waals surface area (Å²) in [6.45, 7) is 5.60. The zero-order chi connectivity index (χ0) is 13.8. The molecule has 1 aliphatic heterocycles. The van der Waals surface area contributed by atoms with Gasteiger partial charge in [-0.3, -0.25) is 0 Å². The first-order valence-electron chi connectivity index (χ1n) is 7.21. The van der Waals surface area contributed by atoms with Crippen molar-refractivity contribution in [3.8, 4) is 5.75 Å². The molecule has 0 saturated carbocycles. The first kappa shape index (κ1) is 14.9. The van der Waals surface area contributed by atoms with Gasteiger partial charge in [-0.15, -0.1) is 0 Å². The molecular weight excluding hydrogens is 302 g/mol. The van der Waals surface area contributed by atoms with Gasteiger partial charge in [0.15, 0.2) is 0 Å². The van der Waals surface area contributed by atoms with Crippen molar-refractivity contribution in [1.29, 1.82) is 0 Å². The van der Waals surface area contributed by atoms with Crippen molar-refractivity contribution in [2.24, 2.45) is 0 Å². The van der Waals surface area contributed by atoms with Crippen LogP contribution < -0.4 is 10.1 Å². The Morgan fingerprint density at radius 2 is 2.16 bits per heavy atom. The van der Waals surface area contributed by atoms with Crippen LogP contribution in [0, 0.1) is 0 Å². The van der Waals surface area contributed by atoms with Gasteiger partial charge in [0.2, 0.25) is 0 Å². The van der Waals surface area contributed by atoms with Gasteiger partial charge in [0.25, 0.3) is 0 Å². The summed E-state index contributed by atoms with van der Waals surface area (Å²) in [6.07, 6.45) is 5.08. The largest absolute Gasteiger partial charge is 0.495 e. The van der Waals surface area contributed by atoms with Crippen LogP contribution in [-0.2, 0) is 6.42 Å². The van der Waals surface area contributed by atoms with E-state index in [1.54, 1.807) is 7.11 Å². The molecule has 1 heterocycles. The minimum Gasteiger partial charge on any atom is -0.495 e. The molecule has 1 saturated heterocycles. The highest BCUT2D eigenvalue weighted by Crippen LogP contribution is 2.35. The third-order valence-corrected chi connectivity index (χ3v) is 4.44. The molecule has 0 amide bonds. The standard InChI is InChI=1S/C16H24BrNO/c1-11(2)14-9-12(10-15(17)16(14)19-3)8-13-6-4-5-7-18-13/h9-11,13,18H,4-8H2,1-3H3. The van der Waals surface area contributed by atoms with Gasteiger partial charge in [-0.1, -0.05) is 26.3 Å². The van der Waals surface area contributed by atoms with Crippen LogP contribution in [0.3, 0.4) is 0 Å². The second-order valence-electron chi connectivity index (χ2n) is 5.71. The van der Waals surface area contributed by atoms with Gasteiger partial charge in [-0.05, 0) is 64.8 Å². The van der Waals surface area contributed by atoms with E-state index >= 15 is 0 Å². The normalized spacial score (nSPS) is 19.7. The highest BCUT2D eigenvalue weighted by molar-refractivity contribution is 9.10. The lowest BCUT2D eigenvalue weighted by atomic mass is 9.94. The zero-order valence-corrected chi connectivity index (χ0v) is 13.7. The first-order valence-corrected chi connectivity index (χ1v) is 8.00. The van der Waals surface area contributed by atoms with Crippen LogP contribution in [0.5, 0.6) is 5.75 Å². The molecule has 0 spiro atoms. The molecule has 106 valence electrons. The number of piperidine rings is 1. The quantitative estimate of drug-likeness (QED) is 0.892. The predicted octanol–water partition coefficient (Wildman–Crippen LogP) is 4.27. The molecule has 1 N–H and O–H groups in total. The summed E-state index contributed by atoms with van der Waals surface area (Å²) in [4.78, 5) is 0. The lowest BCUT2D eigenvalue weighted by molar-refractivity contribution is 0.396. The molecule has 1 unspecified atom stereocenters. The van der Waals surface area contributed by atoms with Crippen molar-refractivity contribution in [3.63, 3.8) is 0 Å². The molecule has 3 heteroatoms. The number of halogens is 1. The predicted molar refractivity (Wildman–Crippen MR) is 84.1 cm³/mol. The maximum absolute atomic E-state index is 5.52. The molecule has 1 fully saturated rings. The van der Waals surface area contributed by atoms with Crippen molar-refractivity contribution in [2.45, 2.75) is 51.5 Å². The molecular formula is C16H24BrNO. The SMILES string of the molecule is COc1c(Br)cc(CC2CCCCN2)cc1C(C)C. The number of benzene rings is 1. The average Bonchev–Trinajstić information content (AvgIpc) is 2.39. The third kappa shape index (κ3) is 3.73. The van der Waals surface area contributed by atoms with E-state index in [9.17, 15) is 0 Å². The smallest absolute Gasteiger partial charge is 0.136 e. The van der Waals surface area contributed by atoms with E-state index < -0.39 is 0 Å². The monoisotopic (exact) mass is 325 g/mol. The summed E-state index contributed by atoms with van der Waals surface area (Å²) in [6, 6.07) is 5.15. The fourth-order valence-electron chi connectivity index (χ4n) is 2.82. The van der Waals surface area contributed by atoms with Gasteiger partial charge < -0.3 is 10.1 Å². The van der Waals surface area contributed by atoms with Crippen LogP contribution >= 0.6 is 15.9 Å². The van der Waals surface area contributed by atoms with Crippen LogP contribution in [-0.4, -0.2) is 19.7 Å². The summed E-state index contributed by atoms with van der Waals surface area (Å²) >= 11 is 3.65. The third-order valence-electron chi connectivity index (χ3n) is 3.85. The topological polar surface area (TPSA) is 21.3 Å². The molecule has 1 aromatic rings. The summed E-state index contributed by atoms with van der Waals surface area (Å²) in [5, 5.41) is 3.62. The maximum atomic E-state index is 5.52. The highest BCUT2D eigenvalue weighted by atomic mass is 79.9. The molecule has 1 atom stereocenters. The lowest BCUT2D eigenvalue weighted by Gasteiger charge is -2.24. The number of ether oxygens (including phenoxy) is 1. The molecule has 2 rings (SSSR count). The fraction of sp³-hybridized carbons (Fsp3) is 0.625. The fourth-order valence-corrected chi connectivity index (χ4v) is 3.50. The van der Waals surface area contributed by atoms with Crippen LogP contribution in [0.15, 0.2) is 16.6 Å². The summed E-state index contributed by atoms with van der Waals surface area (Å²) < 4.78 is 6.60.